The summed E-state index contributed by atoms with van der Waals surface area (Å²) >= 11 is 0. The van der Waals surface area contributed by atoms with E-state index in [0.29, 0.717) is 12.0 Å². The van der Waals surface area contributed by atoms with Gasteiger partial charge in [-0.3, -0.25) is 9.59 Å². The second kappa shape index (κ2) is 8.15. The minimum Gasteiger partial charge on any atom is -0.309 e. The number of benzene rings is 3. The predicted molar refractivity (Wildman–Crippen MR) is 121 cm³/mol. The van der Waals surface area contributed by atoms with Crippen LogP contribution in [0, 0.1) is 6.92 Å². The molecule has 0 spiro atoms. The third-order valence-electron chi connectivity index (χ3n) is 5.76. The highest BCUT2D eigenvalue weighted by Crippen LogP contribution is 2.42. The van der Waals surface area contributed by atoms with Gasteiger partial charge in [-0.25, -0.2) is 0 Å². The number of para-hydroxylation sites is 1. The number of amides is 2. The molecular weight excluding hydrogens is 372 g/mol. The van der Waals surface area contributed by atoms with Crippen LogP contribution in [-0.2, 0) is 4.79 Å². The lowest BCUT2D eigenvalue weighted by Gasteiger charge is -2.43. The van der Waals surface area contributed by atoms with E-state index >= 15 is 0 Å². The molecule has 1 aliphatic heterocycles. The summed E-state index contributed by atoms with van der Waals surface area (Å²) in [5.74, 6) is -0.0209. The quantitative estimate of drug-likeness (QED) is 0.582. The van der Waals surface area contributed by atoms with Crippen LogP contribution in [0.15, 0.2) is 78.9 Å². The van der Waals surface area contributed by atoms with Gasteiger partial charge in [-0.15, -0.1) is 0 Å². The van der Waals surface area contributed by atoms with E-state index in [9.17, 15) is 9.59 Å². The van der Waals surface area contributed by atoms with Crippen LogP contribution in [0.1, 0.15) is 47.8 Å². The van der Waals surface area contributed by atoms with Crippen LogP contribution in [0.4, 0.5) is 11.4 Å². The molecule has 0 radical (unpaired) electrons. The number of hydrogen-bond donors (Lipinski definition) is 0. The number of hydrogen-bond acceptors (Lipinski definition) is 2. The Morgan fingerprint density at radius 1 is 0.900 bits per heavy atom. The van der Waals surface area contributed by atoms with E-state index in [1.807, 2.05) is 103 Å². The van der Waals surface area contributed by atoms with Gasteiger partial charge in [-0.05, 0) is 56.2 Å². The molecule has 0 aliphatic carbocycles. The number of rotatable bonds is 3. The summed E-state index contributed by atoms with van der Waals surface area (Å²) in [5, 5.41) is 0. The van der Waals surface area contributed by atoms with Crippen LogP contribution in [-0.4, -0.2) is 17.9 Å². The Balaban J connectivity index is 1.86. The first-order valence-electron chi connectivity index (χ1n) is 10.3. The number of aryl methyl sites for hydroxylation is 1. The molecule has 0 saturated heterocycles. The Bertz CT molecular complexity index is 1060. The molecule has 4 heteroatoms. The van der Waals surface area contributed by atoms with Crippen molar-refractivity contribution in [3.8, 4) is 0 Å². The summed E-state index contributed by atoms with van der Waals surface area (Å²) in [6.45, 7) is 5.68. The molecule has 1 heterocycles. The predicted octanol–water partition coefficient (Wildman–Crippen LogP) is 5.53. The topological polar surface area (TPSA) is 40.6 Å². The largest absolute Gasteiger partial charge is 0.309 e. The van der Waals surface area contributed by atoms with Crippen LogP contribution < -0.4 is 9.80 Å². The maximum Gasteiger partial charge on any atom is 0.258 e. The lowest BCUT2D eigenvalue weighted by Crippen LogP contribution is -2.47. The monoisotopic (exact) mass is 398 g/mol. The molecule has 4 rings (SSSR count). The van der Waals surface area contributed by atoms with E-state index in [-0.39, 0.29) is 23.9 Å². The Morgan fingerprint density at radius 2 is 1.53 bits per heavy atom. The van der Waals surface area contributed by atoms with Gasteiger partial charge in [0.05, 0.1) is 6.04 Å². The van der Waals surface area contributed by atoms with Crippen molar-refractivity contribution in [3.05, 3.63) is 95.6 Å². The van der Waals surface area contributed by atoms with E-state index in [2.05, 4.69) is 0 Å². The van der Waals surface area contributed by atoms with Gasteiger partial charge in [0.15, 0.2) is 0 Å². The molecule has 0 aromatic heterocycles. The zero-order valence-electron chi connectivity index (χ0n) is 17.6. The van der Waals surface area contributed by atoms with E-state index < -0.39 is 0 Å². The Labute approximate surface area is 177 Å². The van der Waals surface area contributed by atoms with Crippen LogP contribution in [0.2, 0.25) is 0 Å². The molecule has 3 aromatic rings. The summed E-state index contributed by atoms with van der Waals surface area (Å²) in [7, 11) is 0. The minimum atomic E-state index is -0.165. The van der Waals surface area contributed by atoms with Crippen molar-refractivity contribution in [1.82, 2.24) is 0 Å². The SMILES string of the molecule is CC(=O)N1c2ccccc2C(N(C(=O)c2ccccc2)c2ccc(C)cc2)CC1C. The fourth-order valence-electron chi connectivity index (χ4n) is 4.37. The summed E-state index contributed by atoms with van der Waals surface area (Å²) < 4.78 is 0. The second-order valence-corrected chi connectivity index (χ2v) is 7.93. The van der Waals surface area contributed by atoms with Crippen molar-refractivity contribution in [3.63, 3.8) is 0 Å². The van der Waals surface area contributed by atoms with Gasteiger partial charge in [-0.1, -0.05) is 54.1 Å². The van der Waals surface area contributed by atoms with Gasteiger partial charge in [0.2, 0.25) is 5.91 Å². The van der Waals surface area contributed by atoms with Crippen LogP contribution in [0.3, 0.4) is 0 Å². The Kier molecular flexibility index (Phi) is 5.40. The molecule has 0 bridgehead atoms. The fraction of sp³-hybridized carbons (Fsp3) is 0.231. The molecule has 0 fully saturated rings. The van der Waals surface area contributed by atoms with Crippen molar-refractivity contribution in [2.45, 2.75) is 39.3 Å². The number of carbonyl (C=O) groups is 2. The smallest absolute Gasteiger partial charge is 0.258 e. The molecule has 3 aromatic carbocycles. The van der Waals surface area contributed by atoms with Gasteiger partial charge >= 0.3 is 0 Å². The summed E-state index contributed by atoms with van der Waals surface area (Å²) in [5.41, 5.74) is 4.53. The van der Waals surface area contributed by atoms with Gasteiger partial charge in [0.1, 0.15) is 0 Å². The highest BCUT2D eigenvalue weighted by Gasteiger charge is 2.37. The van der Waals surface area contributed by atoms with E-state index in [1.165, 1.54) is 0 Å². The molecule has 0 saturated carbocycles. The second-order valence-electron chi connectivity index (χ2n) is 7.93. The standard InChI is InChI=1S/C26H26N2O2/c1-18-13-15-22(16-14-18)28(26(30)21-9-5-4-6-10-21)25-17-19(2)27(20(3)29)24-12-8-7-11-23(24)25/h4-16,19,25H,17H2,1-3H3. The normalized spacial score (nSPS) is 17.9. The molecular formula is C26H26N2O2. The van der Waals surface area contributed by atoms with Gasteiger partial charge < -0.3 is 9.80 Å². The lowest BCUT2D eigenvalue weighted by atomic mass is 9.89. The summed E-state index contributed by atoms with van der Waals surface area (Å²) in [4.78, 5) is 29.8. The maximum absolute atomic E-state index is 13.7. The third-order valence-corrected chi connectivity index (χ3v) is 5.76. The summed E-state index contributed by atoms with van der Waals surface area (Å²) in [6.07, 6.45) is 0.670. The average molecular weight is 399 g/mol. The molecule has 1 aliphatic rings. The maximum atomic E-state index is 13.7. The summed E-state index contributed by atoms with van der Waals surface area (Å²) in [6, 6.07) is 25.2. The van der Waals surface area contributed by atoms with Crippen molar-refractivity contribution in [2.24, 2.45) is 0 Å². The van der Waals surface area contributed by atoms with Crippen LogP contribution >= 0.6 is 0 Å². The van der Waals surface area contributed by atoms with Crippen molar-refractivity contribution in [2.75, 3.05) is 9.80 Å². The Hall–Kier alpha value is -3.40. The number of nitrogens with zero attached hydrogens (tertiary/aromatic N) is 2. The zero-order chi connectivity index (χ0) is 21.3. The molecule has 2 amide bonds. The highest BCUT2D eigenvalue weighted by molar-refractivity contribution is 6.07. The first kappa shape index (κ1) is 19.9. The Morgan fingerprint density at radius 3 is 2.20 bits per heavy atom. The molecule has 0 N–H and O–H groups in total. The molecule has 4 nitrogen and oxygen atoms in total. The number of fused-ring (bicyclic) bond motifs is 1. The van der Waals surface area contributed by atoms with E-state index in [0.717, 1.165) is 22.5 Å². The first-order valence-corrected chi connectivity index (χ1v) is 10.3. The van der Waals surface area contributed by atoms with Gasteiger partial charge in [0, 0.05) is 29.9 Å². The molecule has 152 valence electrons. The first-order chi connectivity index (χ1) is 14.5. The van der Waals surface area contributed by atoms with E-state index in [4.69, 9.17) is 0 Å². The van der Waals surface area contributed by atoms with Gasteiger partial charge in [-0.2, -0.15) is 0 Å². The van der Waals surface area contributed by atoms with E-state index in [1.54, 1.807) is 6.92 Å². The van der Waals surface area contributed by atoms with Crippen molar-refractivity contribution >= 4 is 23.2 Å². The van der Waals surface area contributed by atoms with Crippen LogP contribution in [0.5, 0.6) is 0 Å². The minimum absolute atomic E-state index is 0.0149. The van der Waals surface area contributed by atoms with Crippen molar-refractivity contribution in [1.29, 1.82) is 0 Å². The third kappa shape index (κ3) is 3.61. The van der Waals surface area contributed by atoms with Gasteiger partial charge in [0.25, 0.3) is 5.91 Å². The van der Waals surface area contributed by atoms with Crippen LogP contribution in [0.25, 0.3) is 0 Å². The zero-order valence-corrected chi connectivity index (χ0v) is 17.6. The fourth-order valence-corrected chi connectivity index (χ4v) is 4.37. The molecule has 2 unspecified atom stereocenters. The van der Waals surface area contributed by atoms with Crippen molar-refractivity contribution < 1.29 is 9.59 Å². The number of anilines is 2. The molecule has 30 heavy (non-hydrogen) atoms. The molecule has 2 atom stereocenters. The number of carbonyl (C=O) groups excluding carboxylic acids is 2. The average Bonchev–Trinajstić information content (AvgIpc) is 2.75. The lowest BCUT2D eigenvalue weighted by molar-refractivity contribution is -0.117. The highest BCUT2D eigenvalue weighted by atomic mass is 16.2.